The standard InChI is InChI=1S/C14H17FN2O4/c1-8-3-4-16(9(2)5-8)12-6-10(14(18)19)11(15)7-13(12)17(20)21/h6-9H,3-5H2,1-2H3,(H,18,19). The van der Waals surface area contributed by atoms with E-state index >= 15 is 0 Å². The number of rotatable bonds is 3. The van der Waals surface area contributed by atoms with Gasteiger partial charge in [-0.2, -0.15) is 0 Å². The van der Waals surface area contributed by atoms with Crippen LogP contribution in [0.5, 0.6) is 0 Å². The summed E-state index contributed by atoms with van der Waals surface area (Å²) in [5, 5.41) is 20.1. The molecule has 0 aromatic heterocycles. The van der Waals surface area contributed by atoms with E-state index in [2.05, 4.69) is 6.92 Å². The highest BCUT2D eigenvalue weighted by molar-refractivity contribution is 5.90. The second-order valence-electron chi connectivity index (χ2n) is 5.55. The Morgan fingerprint density at radius 1 is 1.48 bits per heavy atom. The summed E-state index contributed by atoms with van der Waals surface area (Å²) in [7, 11) is 0. The first kappa shape index (κ1) is 15.2. The second kappa shape index (κ2) is 5.67. The zero-order valence-electron chi connectivity index (χ0n) is 11.9. The third-order valence-electron chi connectivity index (χ3n) is 3.94. The molecule has 114 valence electrons. The highest BCUT2D eigenvalue weighted by Crippen LogP contribution is 2.36. The van der Waals surface area contributed by atoms with Crippen LogP contribution in [0.2, 0.25) is 0 Å². The molecule has 1 heterocycles. The minimum atomic E-state index is -1.43. The Hall–Kier alpha value is -2.18. The SMILES string of the molecule is CC1CCN(c2cc(C(=O)O)c(F)cc2[N+](=O)[O-])C(C)C1. The topological polar surface area (TPSA) is 83.7 Å². The van der Waals surface area contributed by atoms with Gasteiger partial charge >= 0.3 is 5.97 Å². The van der Waals surface area contributed by atoms with Crippen LogP contribution >= 0.6 is 0 Å². The predicted molar refractivity (Wildman–Crippen MR) is 75.2 cm³/mol. The van der Waals surface area contributed by atoms with Gasteiger partial charge < -0.3 is 10.0 Å². The number of hydrogen-bond donors (Lipinski definition) is 1. The van der Waals surface area contributed by atoms with Gasteiger partial charge in [-0.05, 0) is 31.7 Å². The molecule has 2 atom stereocenters. The van der Waals surface area contributed by atoms with Crippen LogP contribution in [0.3, 0.4) is 0 Å². The lowest BCUT2D eigenvalue weighted by atomic mass is 9.92. The molecule has 0 saturated carbocycles. The van der Waals surface area contributed by atoms with Gasteiger partial charge in [-0.25, -0.2) is 9.18 Å². The summed E-state index contributed by atoms with van der Waals surface area (Å²) in [5.74, 6) is -2.01. The average Bonchev–Trinajstić information content (AvgIpc) is 2.38. The maximum absolute atomic E-state index is 13.7. The largest absolute Gasteiger partial charge is 0.478 e. The van der Waals surface area contributed by atoms with E-state index in [4.69, 9.17) is 5.11 Å². The van der Waals surface area contributed by atoms with Crippen molar-refractivity contribution in [1.82, 2.24) is 0 Å². The molecular formula is C14H17FN2O4. The summed E-state index contributed by atoms with van der Waals surface area (Å²) in [6, 6.07) is 1.81. The number of nitro groups is 1. The molecule has 0 bridgehead atoms. The molecule has 2 rings (SSSR count). The van der Waals surface area contributed by atoms with Gasteiger partial charge in [0.2, 0.25) is 0 Å². The van der Waals surface area contributed by atoms with E-state index in [9.17, 15) is 19.3 Å². The van der Waals surface area contributed by atoms with Gasteiger partial charge in [-0.3, -0.25) is 10.1 Å². The Morgan fingerprint density at radius 2 is 2.14 bits per heavy atom. The van der Waals surface area contributed by atoms with E-state index in [0.717, 1.165) is 18.9 Å². The number of halogens is 1. The fraction of sp³-hybridized carbons (Fsp3) is 0.500. The van der Waals surface area contributed by atoms with Crippen LogP contribution in [0.4, 0.5) is 15.8 Å². The average molecular weight is 296 g/mol. The molecule has 7 heteroatoms. The molecular weight excluding hydrogens is 279 g/mol. The number of carbonyl (C=O) groups is 1. The molecule has 0 spiro atoms. The van der Waals surface area contributed by atoms with Crippen molar-refractivity contribution >= 4 is 17.3 Å². The molecule has 21 heavy (non-hydrogen) atoms. The molecule has 0 aliphatic carbocycles. The first-order valence-electron chi connectivity index (χ1n) is 6.79. The molecule has 1 N–H and O–H groups in total. The third-order valence-corrected chi connectivity index (χ3v) is 3.94. The number of aromatic carboxylic acids is 1. The van der Waals surface area contributed by atoms with E-state index < -0.39 is 22.3 Å². The Kier molecular flexibility index (Phi) is 4.11. The number of nitro benzene ring substituents is 1. The maximum atomic E-state index is 13.7. The van der Waals surface area contributed by atoms with Crippen molar-refractivity contribution < 1.29 is 19.2 Å². The Bertz CT molecular complexity index is 591. The summed E-state index contributed by atoms with van der Waals surface area (Å²) in [6.07, 6.45) is 1.72. The number of carboxylic acids is 1. The number of piperidine rings is 1. The van der Waals surface area contributed by atoms with E-state index in [1.54, 1.807) is 4.90 Å². The van der Waals surface area contributed by atoms with Crippen molar-refractivity contribution in [3.63, 3.8) is 0 Å². The molecule has 1 aliphatic rings. The van der Waals surface area contributed by atoms with Crippen molar-refractivity contribution in [3.8, 4) is 0 Å². The molecule has 1 aliphatic heterocycles. The number of benzene rings is 1. The van der Waals surface area contributed by atoms with Crippen LogP contribution < -0.4 is 4.90 Å². The van der Waals surface area contributed by atoms with Gasteiger partial charge in [-0.15, -0.1) is 0 Å². The molecule has 0 radical (unpaired) electrons. The molecule has 1 fully saturated rings. The molecule has 2 unspecified atom stereocenters. The number of nitrogens with zero attached hydrogens (tertiary/aromatic N) is 2. The summed E-state index contributed by atoms with van der Waals surface area (Å²) in [4.78, 5) is 23.3. The van der Waals surface area contributed by atoms with Crippen molar-refractivity contribution in [2.45, 2.75) is 32.7 Å². The lowest BCUT2D eigenvalue weighted by molar-refractivity contribution is -0.384. The molecule has 1 saturated heterocycles. The minimum Gasteiger partial charge on any atom is -0.478 e. The molecule has 1 aromatic carbocycles. The van der Waals surface area contributed by atoms with Crippen molar-refractivity contribution in [1.29, 1.82) is 0 Å². The van der Waals surface area contributed by atoms with Crippen LogP contribution in [-0.4, -0.2) is 28.6 Å². The van der Waals surface area contributed by atoms with E-state index in [0.29, 0.717) is 18.5 Å². The Labute approximate surface area is 121 Å². The van der Waals surface area contributed by atoms with Crippen molar-refractivity contribution in [2.75, 3.05) is 11.4 Å². The summed E-state index contributed by atoms with van der Waals surface area (Å²) in [5.41, 5.74) is -0.751. The smallest absolute Gasteiger partial charge is 0.338 e. The quantitative estimate of drug-likeness (QED) is 0.684. The van der Waals surface area contributed by atoms with Crippen LogP contribution in [0.1, 0.15) is 37.0 Å². The first-order chi connectivity index (χ1) is 9.81. The summed E-state index contributed by atoms with van der Waals surface area (Å²) in [6.45, 7) is 4.63. The lowest BCUT2D eigenvalue weighted by Crippen LogP contribution is -2.40. The fourth-order valence-electron chi connectivity index (χ4n) is 2.86. The number of hydrogen-bond acceptors (Lipinski definition) is 4. The molecule has 6 nitrogen and oxygen atoms in total. The third kappa shape index (κ3) is 2.96. The van der Waals surface area contributed by atoms with E-state index in [1.165, 1.54) is 0 Å². The normalized spacial score (nSPS) is 22.1. The van der Waals surface area contributed by atoms with Gasteiger partial charge in [0.1, 0.15) is 11.5 Å². The van der Waals surface area contributed by atoms with Gasteiger partial charge in [-0.1, -0.05) is 6.92 Å². The van der Waals surface area contributed by atoms with Crippen molar-refractivity contribution in [3.05, 3.63) is 33.6 Å². The van der Waals surface area contributed by atoms with Gasteiger partial charge in [0.05, 0.1) is 16.6 Å². The zero-order valence-corrected chi connectivity index (χ0v) is 11.9. The van der Waals surface area contributed by atoms with Crippen LogP contribution in [-0.2, 0) is 0 Å². The highest BCUT2D eigenvalue weighted by atomic mass is 19.1. The predicted octanol–water partition coefficient (Wildman–Crippen LogP) is 3.06. The maximum Gasteiger partial charge on any atom is 0.338 e. The highest BCUT2D eigenvalue weighted by Gasteiger charge is 2.30. The van der Waals surface area contributed by atoms with Gasteiger partial charge in [0, 0.05) is 12.6 Å². The molecule has 1 aromatic rings. The Balaban J connectivity index is 2.52. The monoisotopic (exact) mass is 296 g/mol. The zero-order chi connectivity index (χ0) is 15.7. The van der Waals surface area contributed by atoms with E-state index in [-0.39, 0.29) is 17.4 Å². The van der Waals surface area contributed by atoms with E-state index in [1.807, 2.05) is 6.92 Å². The molecule has 0 amide bonds. The number of anilines is 1. The second-order valence-corrected chi connectivity index (χ2v) is 5.55. The summed E-state index contributed by atoms with van der Waals surface area (Å²) < 4.78 is 13.7. The minimum absolute atomic E-state index is 0.0413. The fourth-order valence-corrected chi connectivity index (χ4v) is 2.86. The first-order valence-corrected chi connectivity index (χ1v) is 6.79. The summed E-state index contributed by atoms with van der Waals surface area (Å²) >= 11 is 0. The van der Waals surface area contributed by atoms with Crippen LogP contribution in [0, 0.1) is 21.8 Å². The van der Waals surface area contributed by atoms with Crippen LogP contribution in [0.15, 0.2) is 12.1 Å². The van der Waals surface area contributed by atoms with Gasteiger partial charge in [0.25, 0.3) is 5.69 Å². The Morgan fingerprint density at radius 3 is 2.67 bits per heavy atom. The lowest BCUT2D eigenvalue weighted by Gasteiger charge is -2.38. The van der Waals surface area contributed by atoms with Gasteiger partial charge in [0.15, 0.2) is 0 Å². The van der Waals surface area contributed by atoms with Crippen LogP contribution in [0.25, 0.3) is 0 Å². The van der Waals surface area contributed by atoms with Crippen molar-refractivity contribution in [2.24, 2.45) is 5.92 Å². The number of carboxylic acid groups (broad SMARTS) is 1.